The van der Waals surface area contributed by atoms with Crippen LogP contribution in [0.1, 0.15) is 17.5 Å². The molecule has 0 spiro atoms. The maximum atomic E-state index is 13.1. The second-order valence-electron chi connectivity index (χ2n) is 8.19. The van der Waals surface area contributed by atoms with Gasteiger partial charge in [-0.25, -0.2) is 4.98 Å². The predicted octanol–water partition coefficient (Wildman–Crippen LogP) is 3.12. The van der Waals surface area contributed by atoms with Crippen LogP contribution in [0.15, 0.2) is 63.8 Å². The summed E-state index contributed by atoms with van der Waals surface area (Å²) < 4.78 is 22.3. The van der Waals surface area contributed by atoms with Gasteiger partial charge in [0, 0.05) is 42.2 Å². The lowest BCUT2D eigenvalue weighted by Gasteiger charge is -2.24. The van der Waals surface area contributed by atoms with E-state index in [1.54, 1.807) is 30.9 Å². The number of rotatable bonds is 5. The van der Waals surface area contributed by atoms with Gasteiger partial charge in [-0.2, -0.15) is 4.98 Å². The molecule has 6 rings (SSSR count). The minimum atomic E-state index is -0.475. The third kappa shape index (κ3) is 4.17. The molecule has 178 valence electrons. The number of aromatic nitrogens is 3. The largest absolute Gasteiger partial charge is 0.472 e. The molecule has 2 aliphatic heterocycles. The highest BCUT2D eigenvalue weighted by Crippen LogP contribution is 2.33. The first-order chi connectivity index (χ1) is 17.1. The van der Waals surface area contributed by atoms with Crippen LogP contribution in [0.5, 0.6) is 0 Å². The van der Waals surface area contributed by atoms with Crippen LogP contribution in [-0.2, 0) is 14.3 Å². The Morgan fingerprint density at radius 3 is 2.89 bits per heavy atom. The molecule has 2 N–H and O–H groups in total. The normalized spacial score (nSPS) is 17.7. The highest BCUT2D eigenvalue weighted by atomic mass is 16.5. The molecule has 2 aliphatic rings. The monoisotopic (exact) mass is 474 g/mol. The number of aryl methyl sites for hydroxylation is 1. The smallest absolute Gasteiger partial charge is 0.300 e. The lowest BCUT2D eigenvalue weighted by Crippen LogP contribution is -2.36. The van der Waals surface area contributed by atoms with Gasteiger partial charge in [-0.1, -0.05) is 0 Å². The number of carbonyl (C=O) groups is 1. The van der Waals surface area contributed by atoms with Gasteiger partial charge in [-0.15, -0.1) is 0 Å². The standard InChI is InChI=1S/C24H22N6O5/c1-14-10-15(2-4-25-14)23-27-18(13-34-23)22(31)26-17-11-19-21(28-20(17)16-3-7-33-12-16)29-24(35-19)30-5-8-32-9-6-30/h2-4,7,10-13,23,27H,5-6,8-9H2,1H3,(H,26,31). The molecule has 4 aromatic rings. The molecule has 0 radical (unpaired) electrons. The van der Waals surface area contributed by atoms with Crippen molar-refractivity contribution in [3.05, 3.63) is 66.2 Å². The molecule has 11 heteroatoms. The second-order valence-corrected chi connectivity index (χ2v) is 8.19. The van der Waals surface area contributed by atoms with Crippen molar-refractivity contribution >= 4 is 28.8 Å². The van der Waals surface area contributed by atoms with Crippen LogP contribution in [-0.4, -0.2) is 47.2 Å². The fourth-order valence-electron chi connectivity index (χ4n) is 4.00. The highest BCUT2D eigenvalue weighted by Gasteiger charge is 2.26. The number of morpholine rings is 1. The van der Waals surface area contributed by atoms with Gasteiger partial charge in [0.15, 0.2) is 11.8 Å². The molecule has 1 unspecified atom stereocenters. The summed E-state index contributed by atoms with van der Waals surface area (Å²) >= 11 is 0. The van der Waals surface area contributed by atoms with Crippen LogP contribution in [0.4, 0.5) is 11.7 Å². The molecule has 11 nitrogen and oxygen atoms in total. The van der Waals surface area contributed by atoms with Gasteiger partial charge in [0.2, 0.25) is 5.65 Å². The Morgan fingerprint density at radius 2 is 2.09 bits per heavy atom. The molecule has 1 fully saturated rings. The molecule has 0 aliphatic carbocycles. The fraction of sp³-hybridized carbons (Fsp3) is 0.250. The average Bonchev–Trinajstić information content (AvgIpc) is 3.65. The van der Waals surface area contributed by atoms with Crippen LogP contribution in [0.2, 0.25) is 0 Å². The number of nitrogens with zero attached hydrogens (tertiary/aromatic N) is 4. The van der Waals surface area contributed by atoms with Gasteiger partial charge in [0.1, 0.15) is 12.0 Å². The van der Waals surface area contributed by atoms with E-state index in [0.717, 1.165) is 11.3 Å². The lowest BCUT2D eigenvalue weighted by atomic mass is 10.1. The van der Waals surface area contributed by atoms with E-state index in [1.165, 1.54) is 6.26 Å². The molecule has 0 aromatic carbocycles. The van der Waals surface area contributed by atoms with Crippen LogP contribution in [0, 0.1) is 6.92 Å². The number of hydrogen-bond acceptors (Lipinski definition) is 10. The second kappa shape index (κ2) is 8.76. The number of carbonyl (C=O) groups excluding carboxylic acids is 1. The number of fused-ring (bicyclic) bond motifs is 1. The number of amides is 1. The summed E-state index contributed by atoms with van der Waals surface area (Å²) in [5.74, 6) is -0.378. The van der Waals surface area contributed by atoms with Gasteiger partial charge in [0.25, 0.3) is 11.9 Å². The van der Waals surface area contributed by atoms with Crippen molar-refractivity contribution in [2.75, 3.05) is 36.5 Å². The summed E-state index contributed by atoms with van der Waals surface area (Å²) in [4.78, 5) is 28.5. The number of oxazole rings is 1. The summed E-state index contributed by atoms with van der Waals surface area (Å²) in [7, 11) is 0. The maximum Gasteiger partial charge on any atom is 0.300 e. The third-order valence-electron chi connectivity index (χ3n) is 5.77. The molecule has 6 heterocycles. The summed E-state index contributed by atoms with van der Waals surface area (Å²) in [6.07, 6.45) is 5.74. The Kier molecular flexibility index (Phi) is 5.30. The third-order valence-corrected chi connectivity index (χ3v) is 5.77. The minimum Gasteiger partial charge on any atom is -0.472 e. The van der Waals surface area contributed by atoms with Gasteiger partial charge in [0.05, 0.1) is 37.1 Å². The molecule has 1 atom stereocenters. The van der Waals surface area contributed by atoms with Crippen LogP contribution in [0.3, 0.4) is 0 Å². The Labute approximate surface area is 199 Å². The van der Waals surface area contributed by atoms with E-state index in [0.29, 0.717) is 60.5 Å². The number of anilines is 2. The van der Waals surface area contributed by atoms with Gasteiger partial charge in [-0.3, -0.25) is 9.78 Å². The molecule has 4 aromatic heterocycles. The highest BCUT2D eigenvalue weighted by molar-refractivity contribution is 6.06. The van der Waals surface area contributed by atoms with Gasteiger partial charge >= 0.3 is 0 Å². The van der Waals surface area contributed by atoms with E-state index in [4.69, 9.17) is 18.3 Å². The Balaban J connectivity index is 1.27. The summed E-state index contributed by atoms with van der Waals surface area (Å²) in [5.41, 5.74) is 4.59. The van der Waals surface area contributed by atoms with Crippen molar-refractivity contribution in [1.29, 1.82) is 0 Å². The topological polar surface area (TPSA) is 128 Å². The van der Waals surface area contributed by atoms with Crippen molar-refractivity contribution in [1.82, 2.24) is 20.3 Å². The van der Waals surface area contributed by atoms with Crippen molar-refractivity contribution in [2.24, 2.45) is 0 Å². The number of ether oxygens (including phenoxy) is 2. The lowest BCUT2D eigenvalue weighted by molar-refractivity contribution is -0.113. The first-order valence-electron chi connectivity index (χ1n) is 11.2. The SMILES string of the molecule is Cc1cc(C2NC(C(=O)Nc3cc4oc(N5CCOCC5)nc4nc3-c3ccoc3)=CO2)ccn1. The molecular weight excluding hydrogens is 452 g/mol. The van der Waals surface area contributed by atoms with Crippen LogP contribution >= 0.6 is 0 Å². The fourth-order valence-corrected chi connectivity index (χ4v) is 4.00. The predicted molar refractivity (Wildman–Crippen MR) is 125 cm³/mol. The quantitative estimate of drug-likeness (QED) is 0.445. The average molecular weight is 474 g/mol. The van der Waals surface area contributed by atoms with Crippen LogP contribution in [0.25, 0.3) is 22.5 Å². The first kappa shape index (κ1) is 21.2. The number of nitrogens with one attached hydrogen (secondary N) is 2. The molecule has 1 saturated heterocycles. The number of hydrogen-bond donors (Lipinski definition) is 2. The molecule has 35 heavy (non-hydrogen) atoms. The van der Waals surface area contributed by atoms with E-state index in [-0.39, 0.29) is 11.6 Å². The van der Waals surface area contributed by atoms with Crippen molar-refractivity contribution in [2.45, 2.75) is 13.2 Å². The number of furan rings is 1. The van der Waals surface area contributed by atoms with E-state index in [9.17, 15) is 4.79 Å². The minimum absolute atomic E-state index is 0.286. The molecule has 0 bridgehead atoms. The van der Waals surface area contributed by atoms with E-state index in [2.05, 4.69) is 25.6 Å². The van der Waals surface area contributed by atoms with E-state index in [1.807, 2.05) is 24.0 Å². The Bertz CT molecular complexity index is 1410. The summed E-state index contributed by atoms with van der Waals surface area (Å²) in [5, 5.41) is 6.02. The molecule has 1 amide bonds. The first-order valence-corrected chi connectivity index (χ1v) is 11.2. The van der Waals surface area contributed by atoms with Crippen molar-refractivity contribution in [3.63, 3.8) is 0 Å². The Hall–Kier alpha value is -4.38. The zero-order chi connectivity index (χ0) is 23.8. The Morgan fingerprint density at radius 1 is 1.20 bits per heavy atom. The van der Waals surface area contributed by atoms with Gasteiger partial charge < -0.3 is 33.8 Å². The van der Waals surface area contributed by atoms with E-state index >= 15 is 0 Å². The van der Waals surface area contributed by atoms with Crippen molar-refractivity contribution in [3.8, 4) is 11.3 Å². The summed E-state index contributed by atoms with van der Waals surface area (Å²) in [6, 6.07) is 7.70. The zero-order valence-corrected chi connectivity index (χ0v) is 18.9. The van der Waals surface area contributed by atoms with Gasteiger partial charge in [-0.05, 0) is 25.1 Å². The van der Waals surface area contributed by atoms with Crippen LogP contribution < -0.4 is 15.5 Å². The molecule has 0 saturated carbocycles. The molecular formula is C24H22N6O5. The summed E-state index contributed by atoms with van der Waals surface area (Å²) in [6.45, 7) is 4.48. The van der Waals surface area contributed by atoms with Crippen molar-refractivity contribution < 1.29 is 23.1 Å². The van der Waals surface area contributed by atoms with E-state index < -0.39 is 6.23 Å². The zero-order valence-electron chi connectivity index (χ0n) is 18.9. The maximum absolute atomic E-state index is 13.1. The number of pyridine rings is 2.